The van der Waals surface area contributed by atoms with Crippen molar-refractivity contribution in [3.63, 3.8) is 0 Å². The Hall–Kier alpha value is -2.10. The minimum Gasteiger partial charge on any atom is -0.388 e. The second-order valence-electron chi connectivity index (χ2n) is 4.58. The molecule has 25 heavy (non-hydrogen) atoms. The number of aromatic nitrogens is 1. The Bertz CT molecular complexity index is 677. The minimum atomic E-state index is 0.706. The first-order valence-corrected chi connectivity index (χ1v) is 8.89. The summed E-state index contributed by atoms with van der Waals surface area (Å²) in [4.78, 5) is 4.76. The molecule has 136 valence electrons. The van der Waals surface area contributed by atoms with Gasteiger partial charge in [-0.25, -0.2) is 4.98 Å². The molecule has 3 nitrogen and oxygen atoms in total. The molecule has 1 aromatic carbocycles. The Morgan fingerprint density at radius 2 is 1.64 bits per heavy atom. The zero-order chi connectivity index (χ0) is 19.2. The van der Waals surface area contributed by atoms with E-state index in [1.807, 2.05) is 77.2 Å². The quantitative estimate of drug-likeness (QED) is 0.664. The number of nitrogens with zero attached hydrogens (tertiary/aromatic N) is 1. The normalized spacial score (nSPS) is 10.9. The van der Waals surface area contributed by atoms with Gasteiger partial charge in [-0.05, 0) is 33.0 Å². The molecule has 0 radical (unpaired) electrons. The fourth-order valence-corrected chi connectivity index (χ4v) is 2.34. The van der Waals surface area contributed by atoms with Crippen LogP contribution in [0.3, 0.4) is 0 Å². The van der Waals surface area contributed by atoms with Crippen molar-refractivity contribution in [1.29, 1.82) is 0 Å². The van der Waals surface area contributed by atoms with E-state index < -0.39 is 0 Å². The number of hydrogen-bond donors (Lipinski definition) is 2. The van der Waals surface area contributed by atoms with Crippen molar-refractivity contribution in [2.75, 3.05) is 19.4 Å². The van der Waals surface area contributed by atoms with Gasteiger partial charge in [0.15, 0.2) is 0 Å². The van der Waals surface area contributed by atoms with Crippen molar-refractivity contribution < 1.29 is 0 Å². The topological polar surface area (TPSA) is 50.9 Å². The zero-order valence-electron chi connectivity index (χ0n) is 16.1. The molecule has 0 aliphatic heterocycles. The summed E-state index contributed by atoms with van der Waals surface area (Å²) in [5.41, 5.74) is 9.33. The molecular formula is C21H30ClN3. The largest absolute Gasteiger partial charge is 0.388 e. The van der Waals surface area contributed by atoms with Gasteiger partial charge >= 0.3 is 0 Å². The van der Waals surface area contributed by atoms with Gasteiger partial charge in [0.2, 0.25) is 0 Å². The molecule has 0 saturated heterocycles. The van der Waals surface area contributed by atoms with E-state index in [-0.39, 0.29) is 0 Å². The monoisotopic (exact) mass is 359 g/mol. The minimum absolute atomic E-state index is 0.706. The van der Waals surface area contributed by atoms with Crippen LogP contribution < -0.4 is 11.1 Å². The van der Waals surface area contributed by atoms with E-state index in [0.29, 0.717) is 5.03 Å². The molecule has 4 heteroatoms. The number of pyridine rings is 1. The number of rotatable bonds is 4. The number of anilines is 1. The molecule has 0 atom stereocenters. The fourth-order valence-electron chi connectivity index (χ4n) is 2.13. The first-order chi connectivity index (χ1) is 12.2. The van der Waals surface area contributed by atoms with Gasteiger partial charge < -0.3 is 11.1 Å². The molecule has 0 amide bonds. The van der Waals surface area contributed by atoms with Crippen molar-refractivity contribution in [3.8, 4) is 11.3 Å². The number of halogens is 1. The lowest BCUT2D eigenvalue weighted by Crippen LogP contribution is -1.97. The lowest BCUT2D eigenvalue weighted by atomic mass is 10.1. The highest BCUT2D eigenvalue weighted by Crippen LogP contribution is 2.29. The van der Waals surface area contributed by atoms with Crippen molar-refractivity contribution >= 4 is 22.9 Å². The van der Waals surface area contributed by atoms with Gasteiger partial charge in [0.05, 0.1) is 11.4 Å². The summed E-state index contributed by atoms with van der Waals surface area (Å²) in [6, 6.07) is 14.2. The van der Waals surface area contributed by atoms with Crippen LogP contribution in [0.15, 0.2) is 59.6 Å². The molecule has 0 fully saturated rings. The average Bonchev–Trinajstić information content (AvgIpc) is 2.71. The number of benzene rings is 1. The standard InChI is InChI=1S/C18H19ClN2.C2H6.CH5N/c1-4-15(16(19)5-2)18-12-14(20-3)11-17(21-18)13-9-7-6-8-10-13;2*1-2/h4-12H,1-3H3,(H,20,21);1-2H3;2H2,1H3/b15-4+,16-5+;;. The van der Waals surface area contributed by atoms with Gasteiger partial charge in [0.1, 0.15) is 0 Å². The SMILES string of the molecule is C/C=C(\C(Cl)=C/C)c1cc(NC)cc(-c2ccccc2)n1.CC.CN. The number of nitrogens with two attached hydrogens (primary N) is 1. The summed E-state index contributed by atoms with van der Waals surface area (Å²) in [5.74, 6) is 0. The molecular weight excluding hydrogens is 330 g/mol. The van der Waals surface area contributed by atoms with Crippen LogP contribution in [0.1, 0.15) is 33.4 Å². The number of hydrogen-bond acceptors (Lipinski definition) is 3. The van der Waals surface area contributed by atoms with Crippen LogP contribution in [0, 0.1) is 0 Å². The molecule has 0 unspecified atom stereocenters. The maximum Gasteiger partial charge on any atom is 0.0741 e. The molecule has 3 N–H and O–H groups in total. The van der Waals surface area contributed by atoms with Gasteiger partial charge in [-0.15, -0.1) is 0 Å². The Kier molecular flexibility index (Phi) is 12.1. The van der Waals surface area contributed by atoms with Gasteiger partial charge in [-0.1, -0.05) is 67.9 Å². The Morgan fingerprint density at radius 1 is 1.04 bits per heavy atom. The molecule has 0 saturated carbocycles. The Labute approximate surface area is 157 Å². The van der Waals surface area contributed by atoms with Gasteiger partial charge in [-0.3, -0.25) is 0 Å². The van der Waals surface area contributed by atoms with Gasteiger partial charge in [0, 0.05) is 28.9 Å². The molecule has 0 aliphatic carbocycles. The Morgan fingerprint density at radius 3 is 2.12 bits per heavy atom. The van der Waals surface area contributed by atoms with Crippen molar-refractivity contribution in [3.05, 3.63) is 65.3 Å². The van der Waals surface area contributed by atoms with Crippen molar-refractivity contribution in [2.24, 2.45) is 5.73 Å². The lowest BCUT2D eigenvalue weighted by Gasteiger charge is -2.11. The van der Waals surface area contributed by atoms with Gasteiger partial charge in [-0.2, -0.15) is 0 Å². The Balaban J connectivity index is 0.00000134. The van der Waals surface area contributed by atoms with Crippen LogP contribution >= 0.6 is 11.6 Å². The summed E-state index contributed by atoms with van der Waals surface area (Å²) in [6.45, 7) is 7.89. The third-order valence-electron chi connectivity index (χ3n) is 3.26. The van der Waals surface area contributed by atoms with Crippen LogP contribution in [-0.4, -0.2) is 19.1 Å². The lowest BCUT2D eigenvalue weighted by molar-refractivity contribution is 1.27. The van der Waals surface area contributed by atoms with Gasteiger partial charge in [0.25, 0.3) is 0 Å². The van der Waals surface area contributed by atoms with Crippen LogP contribution in [0.2, 0.25) is 0 Å². The highest BCUT2D eigenvalue weighted by molar-refractivity contribution is 6.36. The highest BCUT2D eigenvalue weighted by Gasteiger charge is 2.10. The predicted octanol–water partition coefficient (Wildman–Crippen LogP) is 5.94. The third-order valence-corrected chi connectivity index (χ3v) is 3.68. The summed E-state index contributed by atoms with van der Waals surface area (Å²) >= 11 is 6.29. The van der Waals surface area contributed by atoms with E-state index >= 15 is 0 Å². The predicted molar refractivity (Wildman–Crippen MR) is 114 cm³/mol. The maximum absolute atomic E-state index is 6.29. The summed E-state index contributed by atoms with van der Waals surface area (Å²) < 4.78 is 0. The van der Waals surface area contributed by atoms with Crippen molar-refractivity contribution in [1.82, 2.24) is 4.98 Å². The van der Waals surface area contributed by atoms with E-state index in [1.165, 1.54) is 7.05 Å². The zero-order valence-corrected chi connectivity index (χ0v) is 16.9. The van der Waals surface area contributed by atoms with Crippen LogP contribution in [0.5, 0.6) is 0 Å². The first-order valence-electron chi connectivity index (χ1n) is 8.51. The average molecular weight is 360 g/mol. The summed E-state index contributed by atoms with van der Waals surface area (Å²) in [5, 5.41) is 3.89. The first kappa shape index (κ1) is 22.9. The molecule has 0 aliphatic rings. The number of nitrogens with one attached hydrogen (secondary N) is 1. The molecule has 2 aromatic rings. The molecule has 0 spiro atoms. The summed E-state index contributed by atoms with van der Waals surface area (Å²) in [6.07, 6.45) is 3.87. The van der Waals surface area contributed by atoms with E-state index in [2.05, 4.69) is 23.2 Å². The molecule has 2 rings (SSSR count). The highest BCUT2D eigenvalue weighted by atomic mass is 35.5. The molecule has 1 heterocycles. The molecule has 0 bridgehead atoms. The molecule has 1 aromatic heterocycles. The summed E-state index contributed by atoms with van der Waals surface area (Å²) in [7, 11) is 3.40. The van der Waals surface area contributed by atoms with E-state index in [4.69, 9.17) is 16.6 Å². The smallest absolute Gasteiger partial charge is 0.0741 e. The van der Waals surface area contributed by atoms with Crippen LogP contribution in [0.25, 0.3) is 16.8 Å². The maximum atomic E-state index is 6.29. The van der Waals surface area contributed by atoms with E-state index in [9.17, 15) is 0 Å². The fraction of sp³-hybridized carbons (Fsp3) is 0.286. The van der Waals surface area contributed by atoms with Crippen LogP contribution in [-0.2, 0) is 0 Å². The number of allylic oxidation sites excluding steroid dienone is 4. The van der Waals surface area contributed by atoms with Crippen molar-refractivity contribution in [2.45, 2.75) is 27.7 Å². The second-order valence-corrected chi connectivity index (χ2v) is 4.99. The third kappa shape index (κ3) is 6.73. The van der Waals surface area contributed by atoms with Crippen LogP contribution in [0.4, 0.5) is 5.69 Å². The van der Waals surface area contributed by atoms with E-state index in [1.54, 1.807) is 0 Å². The second kappa shape index (κ2) is 13.2. The van der Waals surface area contributed by atoms with E-state index in [0.717, 1.165) is 28.2 Å².